The van der Waals surface area contributed by atoms with E-state index in [-0.39, 0.29) is 12.0 Å². The van der Waals surface area contributed by atoms with E-state index in [1.54, 1.807) is 4.31 Å². The molecule has 7 atom stereocenters. The summed E-state index contributed by atoms with van der Waals surface area (Å²) in [6, 6.07) is -0.260. The van der Waals surface area contributed by atoms with Crippen LogP contribution in [0, 0.1) is 23.7 Å². The Morgan fingerprint density at radius 3 is 2.61 bits per heavy atom. The van der Waals surface area contributed by atoms with Gasteiger partial charge in [0, 0.05) is 6.54 Å². The Hall–Kier alpha value is -0.660. The second-order valence-electron chi connectivity index (χ2n) is 7.70. The average Bonchev–Trinajstić information content (AvgIpc) is 3.16. The number of ether oxygens (including phenoxy) is 1. The lowest BCUT2D eigenvalue weighted by atomic mass is 9.88. The van der Waals surface area contributed by atoms with Crippen LogP contribution in [0.25, 0.3) is 0 Å². The standard InChI is InChI=1S/C16H25NO5S/c1-22-16(19)11-4-2-3-5-13(11)23(20,21)17-8-10-6-9-7-12(10)14(17)15(9)18/h9-15,18H,2-8H2,1H3. The van der Waals surface area contributed by atoms with Gasteiger partial charge in [0.05, 0.1) is 30.4 Å². The SMILES string of the molecule is COC(=O)C1CCCCC1S(=O)(=O)N1CC2CC3CC2C1C3O. The third-order valence-electron chi connectivity index (χ3n) is 6.72. The fourth-order valence-corrected chi connectivity index (χ4v) is 8.19. The van der Waals surface area contributed by atoms with E-state index >= 15 is 0 Å². The Kier molecular flexibility index (Phi) is 3.74. The Labute approximate surface area is 137 Å². The van der Waals surface area contributed by atoms with Gasteiger partial charge in [-0.3, -0.25) is 4.79 Å². The van der Waals surface area contributed by atoms with Gasteiger partial charge in [-0.25, -0.2) is 8.42 Å². The van der Waals surface area contributed by atoms with Crippen LogP contribution in [-0.4, -0.2) is 54.8 Å². The first-order valence-electron chi connectivity index (χ1n) is 8.71. The number of carbonyl (C=O) groups excluding carboxylic acids is 1. The molecule has 4 rings (SSSR count). The molecule has 6 nitrogen and oxygen atoms in total. The van der Waals surface area contributed by atoms with E-state index in [4.69, 9.17) is 4.74 Å². The molecule has 1 aliphatic heterocycles. The fourth-order valence-electron chi connectivity index (χ4n) is 5.70. The molecule has 1 heterocycles. The fraction of sp³-hybridized carbons (Fsp3) is 0.938. The summed E-state index contributed by atoms with van der Waals surface area (Å²) in [4.78, 5) is 12.0. The second-order valence-corrected chi connectivity index (χ2v) is 9.81. The first kappa shape index (κ1) is 15.8. The highest BCUT2D eigenvalue weighted by molar-refractivity contribution is 7.89. The molecule has 130 valence electrons. The maximum atomic E-state index is 13.3. The van der Waals surface area contributed by atoms with Gasteiger partial charge in [0.1, 0.15) is 0 Å². The zero-order valence-corrected chi connectivity index (χ0v) is 14.2. The highest BCUT2D eigenvalue weighted by atomic mass is 32.2. The van der Waals surface area contributed by atoms with Crippen molar-refractivity contribution in [1.29, 1.82) is 0 Å². The van der Waals surface area contributed by atoms with Crippen molar-refractivity contribution in [3.8, 4) is 0 Å². The van der Waals surface area contributed by atoms with Gasteiger partial charge < -0.3 is 9.84 Å². The van der Waals surface area contributed by atoms with Crippen LogP contribution in [0.5, 0.6) is 0 Å². The minimum Gasteiger partial charge on any atom is -0.469 e. The molecule has 4 aliphatic rings. The maximum absolute atomic E-state index is 13.3. The lowest BCUT2D eigenvalue weighted by molar-refractivity contribution is -0.146. The van der Waals surface area contributed by atoms with Crippen molar-refractivity contribution in [3.63, 3.8) is 0 Å². The van der Waals surface area contributed by atoms with Gasteiger partial charge in [-0.1, -0.05) is 12.8 Å². The predicted octanol–water partition coefficient (Wildman–Crippen LogP) is 0.749. The molecular weight excluding hydrogens is 318 g/mol. The molecule has 0 aromatic rings. The normalized spacial score (nSPS) is 46.3. The third-order valence-corrected chi connectivity index (χ3v) is 9.10. The van der Waals surface area contributed by atoms with Gasteiger partial charge in [0.15, 0.2) is 0 Å². The number of rotatable bonds is 3. The monoisotopic (exact) mass is 343 g/mol. The minimum atomic E-state index is -3.59. The van der Waals surface area contributed by atoms with Crippen molar-refractivity contribution in [3.05, 3.63) is 0 Å². The molecule has 2 bridgehead atoms. The van der Waals surface area contributed by atoms with Crippen molar-refractivity contribution < 1.29 is 23.1 Å². The van der Waals surface area contributed by atoms with Gasteiger partial charge in [-0.2, -0.15) is 4.31 Å². The van der Waals surface area contributed by atoms with Gasteiger partial charge in [-0.05, 0) is 43.4 Å². The van der Waals surface area contributed by atoms with Crippen molar-refractivity contribution in [2.45, 2.75) is 55.9 Å². The number of nitrogens with zero attached hydrogens (tertiary/aromatic N) is 1. The first-order valence-corrected chi connectivity index (χ1v) is 10.2. The lowest BCUT2D eigenvalue weighted by Crippen LogP contribution is -2.50. The van der Waals surface area contributed by atoms with E-state index in [9.17, 15) is 18.3 Å². The molecule has 23 heavy (non-hydrogen) atoms. The quantitative estimate of drug-likeness (QED) is 0.765. The van der Waals surface area contributed by atoms with Crippen LogP contribution in [0.4, 0.5) is 0 Å². The smallest absolute Gasteiger partial charge is 0.310 e. The summed E-state index contributed by atoms with van der Waals surface area (Å²) in [7, 11) is -2.27. The Balaban J connectivity index is 1.63. The summed E-state index contributed by atoms with van der Waals surface area (Å²) < 4.78 is 33.0. The van der Waals surface area contributed by atoms with E-state index in [2.05, 4.69) is 0 Å². The zero-order valence-electron chi connectivity index (χ0n) is 13.4. The van der Waals surface area contributed by atoms with Crippen molar-refractivity contribution in [2.75, 3.05) is 13.7 Å². The van der Waals surface area contributed by atoms with E-state index < -0.39 is 33.3 Å². The molecular formula is C16H25NO5S. The number of esters is 1. The molecule has 0 aromatic heterocycles. The molecule has 7 heteroatoms. The molecule has 0 spiro atoms. The van der Waals surface area contributed by atoms with Crippen LogP contribution in [0.1, 0.15) is 38.5 Å². The van der Waals surface area contributed by atoms with Crippen LogP contribution in [-0.2, 0) is 19.6 Å². The average molecular weight is 343 g/mol. The summed E-state index contributed by atoms with van der Waals surface area (Å²) >= 11 is 0. The summed E-state index contributed by atoms with van der Waals surface area (Å²) in [5.41, 5.74) is 0. The molecule has 7 unspecified atom stereocenters. The van der Waals surface area contributed by atoms with Crippen LogP contribution in [0.2, 0.25) is 0 Å². The molecule has 1 N–H and O–H groups in total. The highest BCUT2D eigenvalue weighted by Crippen LogP contribution is 2.56. The number of hydrogen-bond donors (Lipinski definition) is 1. The van der Waals surface area contributed by atoms with Crippen molar-refractivity contribution >= 4 is 16.0 Å². The molecule has 0 radical (unpaired) electrons. The molecule has 3 saturated carbocycles. The molecule has 0 amide bonds. The van der Waals surface area contributed by atoms with Gasteiger partial charge >= 0.3 is 5.97 Å². The van der Waals surface area contributed by atoms with Crippen LogP contribution < -0.4 is 0 Å². The summed E-state index contributed by atoms with van der Waals surface area (Å²) in [5.74, 6) is -0.0112. The Bertz CT molecular complexity index is 604. The third kappa shape index (κ3) is 2.19. The molecule has 0 aromatic carbocycles. The topological polar surface area (TPSA) is 83.9 Å². The molecule has 3 aliphatic carbocycles. The number of aliphatic hydroxyl groups is 1. The van der Waals surface area contributed by atoms with E-state index in [1.165, 1.54) is 7.11 Å². The first-order chi connectivity index (χ1) is 10.9. The van der Waals surface area contributed by atoms with Crippen LogP contribution >= 0.6 is 0 Å². The second kappa shape index (κ2) is 5.43. The Morgan fingerprint density at radius 1 is 1.17 bits per heavy atom. The highest BCUT2D eigenvalue weighted by Gasteiger charge is 2.62. The number of carbonyl (C=O) groups is 1. The van der Waals surface area contributed by atoms with Crippen molar-refractivity contribution in [2.24, 2.45) is 23.7 Å². The van der Waals surface area contributed by atoms with Crippen molar-refractivity contribution in [1.82, 2.24) is 4.31 Å². The van der Waals surface area contributed by atoms with E-state index in [0.29, 0.717) is 31.2 Å². The van der Waals surface area contributed by atoms with Gasteiger partial charge in [0.25, 0.3) is 0 Å². The summed E-state index contributed by atoms with van der Waals surface area (Å²) in [5, 5.41) is 9.77. The summed E-state index contributed by atoms with van der Waals surface area (Å²) in [6.07, 6.45) is 4.15. The van der Waals surface area contributed by atoms with E-state index in [0.717, 1.165) is 25.7 Å². The number of hydrogen-bond acceptors (Lipinski definition) is 5. The van der Waals surface area contributed by atoms with Gasteiger partial charge in [0.2, 0.25) is 10.0 Å². The molecule has 4 fully saturated rings. The van der Waals surface area contributed by atoms with E-state index in [1.807, 2.05) is 0 Å². The minimum absolute atomic E-state index is 0.260. The Morgan fingerprint density at radius 2 is 1.91 bits per heavy atom. The predicted molar refractivity (Wildman–Crippen MR) is 82.9 cm³/mol. The number of fused-ring (bicyclic) bond motifs is 1. The number of aliphatic hydroxyl groups excluding tert-OH is 1. The number of sulfonamides is 1. The van der Waals surface area contributed by atoms with Crippen LogP contribution in [0.15, 0.2) is 0 Å². The lowest BCUT2D eigenvalue weighted by Gasteiger charge is -2.35. The maximum Gasteiger partial charge on any atom is 0.310 e. The summed E-state index contributed by atoms with van der Waals surface area (Å²) in [6.45, 7) is 0.523. The van der Waals surface area contributed by atoms with Crippen LogP contribution in [0.3, 0.4) is 0 Å². The zero-order chi connectivity index (χ0) is 16.4. The molecule has 1 saturated heterocycles. The largest absolute Gasteiger partial charge is 0.469 e. The van der Waals surface area contributed by atoms with Gasteiger partial charge in [-0.15, -0.1) is 0 Å². The number of methoxy groups -OCH3 is 1.